The van der Waals surface area contributed by atoms with Gasteiger partial charge in [-0.15, -0.1) is 0 Å². The zero-order valence-corrected chi connectivity index (χ0v) is 14.0. The fraction of sp³-hybridized carbons (Fsp3) is 0.222. The Labute approximate surface area is 150 Å². The van der Waals surface area contributed by atoms with Crippen molar-refractivity contribution in [2.75, 3.05) is 36.0 Å². The van der Waals surface area contributed by atoms with E-state index in [9.17, 15) is 0 Å². The Bertz CT molecular complexity index is 929. The third kappa shape index (κ3) is 3.28. The van der Waals surface area contributed by atoms with Gasteiger partial charge >= 0.3 is 0 Å². The van der Waals surface area contributed by atoms with Crippen molar-refractivity contribution in [3.8, 4) is 17.5 Å². The highest BCUT2D eigenvalue weighted by Crippen LogP contribution is 2.18. The molecule has 0 aliphatic carbocycles. The van der Waals surface area contributed by atoms with Crippen LogP contribution in [-0.2, 0) is 0 Å². The second-order valence-corrected chi connectivity index (χ2v) is 5.78. The van der Waals surface area contributed by atoms with E-state index in [1.54, 1.807) is 24.7 Å². The fourth-order valence-corrected chi connectivity index (χ4v) is 2.83. The number of rotatable bonds is 3. The number of nitrogens with zero attached hydrogens (tertiary/aromatic N) is 8. The van der Waals surface area contributed by atoms with Gasteiger partial charge in [-0.1, -0.05) is 6.07 Å². The van der Waals surface area contributed by atoms with E-state index in [1.807, 2.05) is 30.3 Å². The van der Waals surface area contributed by atoms with Gasteiger partial charge in [-0.05, 0) is 24.3 Å². The number of aromatic nitrogens is 5. The molecule has 0 bridgehead atoms. The second-order valence-electron chi connectivity index (χ2n) is 5.78. The number of anilines is 2. The summed E-state index contributed by atoms with van der Waals surface area (Å²) < 4.78 is 0. The van der Waals surface area contributed by atoms with E-state index in [2.05, 4.69) is 34.7 Å². The van der Waals surface area contributed by atoms with Gasteiger partial charge in [-0.25, -0.2) is 19.9 Å². The zero-order chi connectivity index (χ0) is 17.8. The van der Waals surface area contributed by atoms with E-state index >= 15 is 0 Å². The van der Waals surface area contributed by atoms with Crippen LogP contribution in [0.2, 0.25) is 0 Å². The molecular weight excluding hydrogens is 328 g/mol. The first kappa shape index (κ1) is 15.9. The minimum atomic E-state index is 0.379. The molecule has 0 aromatic carbocycles. The topological polar surface area (TPSA) is 94.7 Å². The third-order valence-corrected chi connectivity index (χ3v) is 4.17. The lowest BCUT2D eigenvalue weighted by atomic mass is 10.2. The van der Waals surface area contributed by atoms with Gasteiger partial charge in [0.25, 0.3) is 0 Å². The summed E-state index contributed by atoms with van der Waals surface area (Å²) in [5.74, 6) is 1.28. The van der Waals surface area contributed by atoms with Crippen molar-refractivity contribution in [3.63, 3.8) is 0 Å². The van der Waals surface area contributed by atoms with E-state index in [0.717, 1.165) is 37.6 Å². The van der Waals surface area contributed by atoms with Crippen molar-refractivity contribution in [2.45, 2.75) is 0 Å². The maximum atomic E-state index is 8.98. The average Bonchev–Trinajstić information content (AvgIpc) is 2.75. The predicted molar refractivity (Wildman–Crippen MR) is 96.4 cm³/mol. The molecule has 3 aromatic heterocycles. The summed E-state index contributed by atoms with van der Waals surface area (Å²) in [5, 5.41) is 8.98. The van der Waals surface area contributed by atoms with E-state index in [1.165, 1.54) is 0 Å². The molecule has 8 nitrogen and oxygen atoms in total. The molecule has 0 atom stereocenters. The molecular formula is C18H16N8. The van der Waals surface area contributed by atoms with Crippen LogP contribution in [0.3, 0.4) is 0 Å². The van der Waals surface area contributed by atoms with Crippen molar-refractivity contribution < 1.29 is 0 Å². The van der Waals surface area contributed by atoms with Crippen molar-refractivity contribution in [3.05, 3.63) is 54.6 Å². The zero-order valence-electron chi connectivity index (χ0n) is 14.0. The van der Waals surface area contributed by atoms with E-state index in [-0.39, 0.29) is 0 Å². The molecule has 0 unspecified atom stereocenters. The monoisotopic (exact) mass is 344 g/mol. The Kier molecular flexibility index (Phi) is 4.35. The van der Waals surface area contributed by atoms with E-state index < -0.39 is 0 Å². The van der Waals surface area contributed by atoms with Crippen molar-refractivity contribution in [2.24, 2.45) is 0 Å². The lowest BCUT2D eigenvalue weighted by Crippen LogP contribution is -2.47. The maximum Gasteiger partial charge on any atom is 0.226 e. The molecule has 0 saturated carbocycles. The van der Waals surface area contributed by atoms with E-state index in [0.29, 0.717) is 17.6 Å². The summed E-state index contributed by atoms with van der Waals surface area (Å²) in [6, 6.07) is 11.3. The summed E-state index contributed by atoms with van der Waals surface area (Å²) in [4.78, 5) is 26.1. The molecule has 26 heavy (non-hydrogen) atoms. The molecule has 1 aliphatic heterocycles. The van der Waals surface area contributed by atoms with E-state index in [4.69, 9.17) is 5.26 Å². The molecule has 0 amide bonds. The summed E-state index contributed by atoms with van der Waals surface area (Å²) in [7, 11) is 0. The van der Waals surface area contributed by atoms with Crippen LogP contribution < -0.4 is 9.80 Å². The molecule has 0 N–H and O–H groups in total. The molecule has 128 valence electrons. The van der Waals surface area contributed by atoms with Crippen LogP contribution in [0.1, 0.15) is 5.69 Å². The maximum absolute atomic E-state index is 8.98. The standard InChI is InChI=1S/C18H16N8/c19-13-14-4-7-21-17(23-14)25-9-11-26(12-10-25)18-22-8-5-16(24-18)15-3-1-2-6-20-15/h1-8H,9-12H2. The van der Waals surface area contributed by atoms with Gasteiger partial charge in [-0.2, -0.15) is 5.26 Å². The first-order chi connectivity index (χ1) is 12.8. The highest BCUT2D eigenvalue weighted by molar-refractivity contribution is 5.55. The second kappa shape index (κ2) is 7.11. The van der Waals surface area contributed by atoms with Gasteiger partial charge in [0.15, 0.2) is 0 Å². The Balaban J connectivity index is 1.47. The van der Waals surface area contributed by atoms with Crippen molar-refractivity contribution >= 4 is 11.9 Å². The smallest absolute Gasteiger partial charge is 0.226 e. The van der Waals surface area contributed by atoms with Crippen LogP contribution in [-0.4, -0.2) is 51.1 Å². The summed E-state index contributed by atoms with van der Waals surface area (Å²) in [6.45, 7) is 3.00. The van der Waals surface area contributed by atoms with Crippen LogP contribution >= 0.6 is 0 Å². The Hall–Kier alpha value is -3.60. The lowest BCUT2D eigenvalue weighted by Gasteiger charge is -2.34. The molecule has 3 aromatic rings. The molecule has 4 rings (SSSR count). The largest absolute Gasteiger partial charge is 0.337 e. The van der Waals surface area contributed by atoms with Crippen LogP contribution in [0, 0.1) is 11.3 Å². The first-order valence-corrected chi connectivity index (χ1v) is 8.31. The lowest BCUT2D eigenvalue weighted by molar-refractivity contribution is 0.628. The van der Waals surface area contributed by atoms with Crippen LogP contribution in [0.15, 0.2) is 48.9 Å². The summed E-state index contributed by atoms with van der Waals surface area (Å²) in [5.41, 5.74) is 2.02. The molecule has 1 saturated heterocycles. The Morgan fingerprint density at radius 1 is 0.731 bits per heavy atom. The molecule has 0 spiro atoms. The average molecular weight is 344 g/mol. The van der Waals surface area contributed by atoms with Crippen molar-refractivity contribution in [1.82, 2.24) is 24.9 Å². The third-order valence-electron chi connectivity index (χ3n) is 4.17. The minimum Gasteiger partial charge on any atom is -0.337 e. The summed E-state index contributed by atoms with van der Waals surface area (Å²) >= 11 is 0. The highest BCUT2D eigenvalue weighted by Gasteiger charge is 2.21. The number of pyridine rings is 1. The fourth-order valence-electron chi connectivity index (χ4n) is 2.83. The molecule has 8 heteroatoms. The van der Waals surface area contributed by atoms with Crippen LogP contribution in [0.25, 0.3) is 11.4 Å². The molecule has 4 heterocycles. The predicted octanol–water partition coefficient (Wildman–Crippen LogP) is 1.53. The molecule has 0 radical (unpaired) electrons. The minimum absolute atomic E-state index is 0.379. The normalized spacial score (nSPS) is 14.1. The van der Waals surface area contributed by atoms with Gasteiger partial charge < -0.3 is 9.80 Å². The first-order valence-electron chi connectivity index (χ1n) is 8.31. The SMILES string of the molecule is N#Cc1ccnc(N2CCN(c3nccc(-c4ccccn4)n3)CC2)n1. The van der Waals surface area contributed by atoms with Gasteiger partial charge in [0, 0.05) is 44.8 Å². The molecule has 1 aliphatic rings. The number of hydrogen-bond donors (Lipinski definition) is 0. The molecule has 1 fully saturated rings. The van der Waals surface area contributed by atoms with Gasteiger partial charge in [0.2, 0.25) is 11.9 Å². The van der Waals surface area contributed by atoms with Crippen molar-refractivity contribution in [1.29, 1.82) is 5.26 Å². The van der Waals surface area contributed by atoms with Crippen LogP contribution in [0.5, 0.6) is 0 Å². The van der Waals surface area contributed by atoms with Gasteiger partial charge in [0.1, 0.15) is 11.8 Å². The van der Waals surface area contributed by atoms with Crippen LogP contribution in [0.4, 0.5) is 11.9 Å². The van der Waals surface area contributed by atoms with Gasteiger partial charge in [-0.3, -0.25) is 4.98 Å². The number of nitriles is 1. The Morgan fingerprint density at radius 2 is 1.42 bits per heavy atom. The number of hydrogen-bond acceptors (Lipinski definition) is 8. The Morgan fingerprint density at radius 3 is 2.08 bits per heavy atom. The highest BCUT2D eigenvalue weighted by atomic mass is 15.3. The summed E-state index contributed by atoms with van der Waals surface area (Å²) in [6.07, 6.45) is 5.14. The quantitative estimate of drug-likeness (QED) is 0.706. The number of piperazine rings is 1. The van der Waals surface area contributed by atoms with Gasteiger partial charge in [0.05, 0.1) is 11.4 Å².